The van der Waals surface area contributed by atoms with Gasteiger partial charge in [0.1, 0.15) is 12.4 Å². The van der Waals surface area contributed by atoms with Gasteiger partial charge in [-0.15, -0.1) is 0 Å². The second-order valence-electron chi connectivity index (χ2n) is 4.28. The number of ether oxygens (including phenoxy) is 1. The molecule has 0 fully saturated rings. The smallest absolute Gasteiger partial charge is 0.279 e. The zero-order valence-corrected chi connectivity index (χ0v) is 12.0. The largest absolute Gasteiger partial charge is 0.492 e. The van der Waals surface area contributed by atoms with Crippen molar-refractivity contribution in [2.24, 2.45) is 0 Å². The monoisotopic (exact) mass is 272 g/mol. The maximum Gasteiger partial charge on any atom is 0.279 e. The summed E-state index contributed by atoms with van der Waals surface area (Å²) in [5.74, 6) is 0.752. The summed E-state index contributed by atoms with van der Waals surface area (Å²) in [5.41, 5.74) is 2.36. The van der Waals surface area contributed by atoms with Crippen LogP contribution in [-0.4, -0.2) is 40.0 Å². The van der Waals surface area contributed by atoms with E-state index in [0.29, 0.717) is 6.61 Å². The highest BCUT2D eigenvalue weighted by Crippen LogP contribution is 2.15. The molecule has 0 aliphatic carbocycles. The quantitative estimate of drug-likeness (QED) is 0.788. The van der Waals surface area contributed by atoms with Gasteiger partial charge in [-0.3, -0.25) is 0 Å². The number of nitrogens with one attached hydrogen (secondary N) is 1. The van der Waals surface area contributed by atoms with Crippen molar-refractivity contribution in [3.8, 4) is 5.75 Å². The minimum Gasteiger partial charge on any atom is -0.492 e. The fourth-order valence-corrected chi connectivity index (χ4v) is 1.87. The summed E-state index contributed by atoms with van der Waals surface area (Å²) in [5, 5.41) is 0. The third kappa shape index (κ3) is 4.29. The number of aryl methyl sites for hydroxylation is 2. The number of benzene rings is 1. The maximum absolute atomic E-state index is 11.4. The Balaban J connectivity index is 2.41. The second-order valence-corrected chi connectivity index (χ2v) is 6.25. The molecule has 0 saturated heterocycles. The Labute approximate surface area is 109 Å². The Hall–Kier alpha value is -1.11. The van der Waals surface area contributed by atoms with Crippen LogP contribution in [0.1, 0.15) is 11.1 Å². The van der Waals surface area contributed by atoms with Crippen LogP contribution < -0.4 is 9.46 Å². The van der Waals surface area contributed by atoms with E-state index in [0.717, 1.165) is 15.6 Å². The second kappa shape index (κ2) is 6.17. The Morgan fingerprint density at radius 1 is 1.22 bits per heavy atom. The van der Waals surface area contributed by atoms with E-state index in [1.807, 2.05) is 32.0 Å². The molecular weight excluding hydrogens is 252 g/mol. The molecule has 0 radical (unpaired) electrons. The SMILES string of the molecule is Cc1ccc(OCCNS(=O)(=O)N(C)C)cc1C. The van der Waals surface area contributed by atoms with E-state index in [1.165, 1.54) is 19.7 Å². The highest BCUT2D eigenvalue weighted by molar-refractivity contribution is 7.87. The molecule has 1 rings (SSSR count). The minimum atomic E-state index is -3.36. The summed E-state index contributed by atoms with van der Waals surface area (Å²) in [6.07, 6.45) is 0. The normalized spacial score (nSPS) is 11.8. The van der Waals surface area contributed by atoms with Crippen molar-refractivity contribution >= 4 is 10.2 Å². The molecule has 6 heteroatoms. The highest BCUT2D eigenvalue weighted by atomic mass is 32.2. The van der Waals surface area contributed by atoms with Crippen LogP contribution in [0.5, 0.6) is 5.75 Å². The molecule has 18 heavy (non-hydrogen) atoms. The topological polar surface area (TPSA) is 58.6 Å². The van der Waals surface area contributed by atoms with Crippen molar-refractivity contribution in [1.29, 1.82) is 0 Å². The summed E-state index contributed by atoms with van der Waals surface area (Å²) in [7, 11) is -0.407. The molecule has 0 heterocycles. The van der Waals surface area contributed by atoms with Crippen LogP contribution >= 0.6 is 0 Å². The van der Waals surface area contributed by atoms with Crippen LogP contribution in [-0.2, 0) is 10.2 Å². The molecule has 0 saturated carbocycles. The summed E-state index contributed by atoms with van der Waals surface area (Å²) < 4.78 is 31.8. The molecular formula is C12H20N2O3S. The summed E-state index contributed by atoms with van der Waals surface area (Å²) in [4.78, 5) is 0. The van der Waals surface area contributed by atoms with Gasteiger partial charge in [0.15, 0.2) is 0 Å². The zero-order chi connectivity index (χ0) is 13.8. The average Bonchev–Trinajstić information content (AvgIpc) is 2.29. The first kappa shape index (κ1) is 14.9. The van der Waals surface area contributed by atoms with Gasteiger partial charge in [-0.2, -0.15) is 17.4 Å². The molecule has 102 valence electrons. The Morgan fingerprint density at radius 2 is 1.89 bits per heavy atom. The first-order valence-electron chi connectivity index (χ1n) is 5.70. The van der Waals surface area contributed by atoms with Gasteiger partial charge in [0.2, 0.25) is 0 Å². The Morgan fingerprint density at radius 3 is 2.44 bits per heavy atom. The molecule has 1 aromatic carbocycles. The van der Waals surface area contributed by atoms with Crippen molar-refractivity contribution in [1.82, 2.24) is 9.03 Å². The molecule has 1 aromatic rings. The van der Waals surface area contributed by atoms with Gasteiger partial charge in [0, 0.05) is 20.6 Å². The molecule has 0 aliphatic heterocycles. The fourth-order valence-electron chi connectivity index (χ4n) is 1.27. The van der Waals surface area contributed by atoms with Crippen LogP contribution in [0.2, 0.25) is 0 Å². The highest BCUT2D eigenvalue weighted by Gasteiger charge is 2.11. The lowest BCUT2D eigenvalue weighted by Gasteiger charge is -2.13. The van der Waals surface area contributed by atoms with Gasteiger partial charge in [-0.1, -0.05) is 6.07 Å². The first-order valence-corrected chi connectivity index (χ1v) is 7.14. The molecule has 0 unspecified atom stereocenters. The third-order valence-electron chi connectivity index (χ3n) is 2.61. The molecule has 1 N–H and O–H groups in total. The van der Waals surface area contributed by atoms with Crippen molar-refractivity contribution in [2.75, 3.05) is 27.2 Å². The number of rotatable bonds is 6. The van der Waals surface area contributed by atoms with Crippen molar-refractivity contribution in [3.63, 3.8) is 0 Å². The first-order chi connectivity index (χ1) is 8.33. The van der Waals surface area contributed by atoms with Crippen LogP contribution in [0.4, 0.5) is 0 Å². The van der Waals surface area contributed by atoms with Gasteiger partial charge in [0.05, 0.1) is 0 Å². The lowest BCUT2D eigenvalue weighted by Crippen LogP contribution is -2.37. The zero-order valence-electron chi connectivity index (χ0n) is 11.2. The molecule has 0 spiro atoms. The van der Waals surface area contributed by atoms with Crippen LogP contribution in [0.15, 0.2) is 18.2 Å². The number of hydrogen-bond acceptors (Lipinski definition) is 3. The van der Waals surface area contributed by atoms with E-state index in [9.17, 15) is 8.42 Å². The van der Waals surface area contributed by atoms with E-state index in [2.05, 4.69) is 4.72 Å². The van der Waals surface area contributed by atoms with Crippen molar-refractivity contribution < 1.29 is 13.2 Å². The standard InChI is InChI=1S/C12H20N2O3S/c1-10-5-6-12(9-11(10)2)17-8-7-13-18(15,16)14(3)4/h5-6,9,13H,7-8H2,1-4H3. The average molecular weight is 272 g/mol. The van der Waals surface area contributed by atoms with E-state index in [1.54, 1.807) is 0 Å². The predicted octanol–water partition coefficient (Wildman–Crippen LogP) is 1.08. The van der Waals surface area contributed by atoms with Gasteiger partial charge in [-0.05, 0) is 37.1 Å². The predicted molar refractivity (Wildman–Crippen MR) is 72.0 cm³/mol. The van der Waals surface area contributed by atoms with Crippen molar-refractivity contribution in [2.45, 2.75) is 13.8 Å². The van der Waals surface area contributed by atoms with E-state index >= 15 is 0 Å². The van der Waals surface area contributed by atoms with Gasteiger partial charge in [-0.25, -0.2) is 0 Å². The van der Waals surface area contributed by atoms with E-state index in [-0.39, 0.29) is 6.54 Å². The van der Waals surface area contributed by atoms with Crippen molar-refractivity contribution in [3.05, 3.63) is 29.3 Å². The summed E-state index contributed by atoms with van der Waals surface area (Å²) in [6.45, 7) is 4.59. The maximum atomic E-state index is 11.4. The molecule has 0 bridgehead atoms. The molecule has 0 aliphatic rings. The van der Waals surface area contributed by atoms with Gasteiger partial charge < -0.3 is 4.74 Å². The van der Waals surface area contributed by atoms with E-state index < -0.39 is 10.2 Å². The third-order valence-corrected chi connectivity index (χ3v) is 4.14. The molecule has 0 atom stereocenters. The Bertz CT molecular complexity index is 498. The lowest BCUT2D eigenvalue weighted by atomic mass is 10.1. The van der Waals surface area contributed by atoms with Crippen LogP contribution in [0.25, 0.3) is 0 Å². The molecule has 0 aromatic heterocycles. The van der Waals surface area contributed by atoms with Crippen LogP contribution in [0.3, 0.4) is 0 Å². The van der Waals surface area contributed by atoms with Gasteiger partial charge >= 0.3 is 0 Å². The Kier molecular flexibility index (Phi) is 5.13. The summed E-state index contributed by atoms with van der Waals surface area (Å²) in [6, 6.07) is 5.80. The lowest BCUT2D eigenvalue weighted by molar-refractivity contribution is 0.321. The molecule has 5 nitrogen and oxygen atoms in total. The number of nitrogens with zero attached hydrogens (tertiary/aromatic N) is 1. The minimum absolute atomic E-state index is 0.243. The van der Waals surface area contributed by atoms with Gasteiger partial charge in [0.25, 0.3) is 10.2 Å². The van der Waals surface area contributed by atoms with E-state index in [4.69, 9.17) is 4.74 Å². The fraction of sp³-hybridized carbons (Fsp3) is 0.500. The molecule has 0 amide bonds. The van der Waals surface area contributed by atoms with Crippen LogP contribution in [0, 0.1) is 13.8 Å². The summed E-state index contributed by atoms with van der Waals surface area (Å²) >= 11 is 0. The number of hydrogen-bond donors (Lipinski definition) is 1.